The summed E-state index contributed by atoms with van der Waals surface area (Å²) >= 11 is 0. The standard InChI is InChI=1S/C26H34FN3O3/c1-29(2)26(18-7-5-4-6-8-18)11-9-20(10-12-26)30(3)21-13-19(27)14-22(15-21)33-23-16-24(25(31)32)28-17-23/h4-8,13-15,20,23-24,28H,9-12,16-17H2,1-3H3,(H,31,32)/t20?,23-,24-,26?/m0/s1. The minimum atomic E-state index is -0.887. The normalized spacial score (nSPS) is 27.5. The minimum Gasteiger partial charge on any atom is -0.489 e. The third-order valence-corrected chi connectivity index (χ3v) is 7.45. The number of aliphatic carboxylic acids is 1. The van der Waals surface area contributed by atoms with Crippen molar-refractivity contribution in [2.45, 2.75) is 55.8 Å². The zero-order chi connectivity index (χ0) is 23.6. The Labute approximate surface area is 195 Å². The van der Waals surface area contributed by atoms with Crippen LogP contribution < -0.4 is 15.0 Å². The molecule has 2 aromatic rings. The second kappa shape index (κ2) is 9.69. The second-order valence-electron chi connectivity index (χ2n) is 9.55. The molecule has 0 bridgehead atoms. The van der Waals surface area contributed by atoms with E-state index in [0.29, 0.717) is 24.8 Å². The summed E-state index contributed by atoms with van der Waals surface area (Å²) in [7, 11) is 6.33. The fraction of sp³-hybridized carbons (Fsp3) is 0.500. The van der Waals surface area contributed by atoms with E-state index < -0.39 is 12.0 Å². The predicted molar refractivity (Wildman–Crippen MR) is 127 cm³/mol. The van der Waals surface area contributed by atoms with Crippen molar-refractivity contribution in [1.29, 1.82) is 0 Å². The van der Waals surface area contributed by atoms with Gasteiger partial charge >= 0.3 is 5.97 Å². The van der Waals surface area contributed by atoms with E-state index in [9.17, 15) is 9.18 Å². The Bertz CT molecular complexity index is 961. The van der Waals surface area contributed by atoms with Crippen molar-refractivity contribution in [2.75, 3.05) is 32.6 Å². The molecule has 4 rings (SSSR count). The Hall–Kier alpha value is -2.64. The highest BCUT2D eigenvalue weighted by Gasteiger charge is 2.39. The molecule has 1 saturated carbocycles. The van der Waals surface area contributed by atoms with Crippen LogP contribution in [0.25, 0.3) is 0 Å². The highest BCUT2D eigenvalue weighted by molar-refractivity contribution is 5.74. The smallest absolute Gasteiger partial charge is 0.320 e. The highest BCUT2D eigenvalue weighted by Crippen LogP contribution is 2.43. The Morgan fingerprint density at radius 3 is 2.42 bits per heavy atom. The zero-order valence-electron chi connectivity index (χ0n) is 19.6. The molecule has 1 saturated heterocycles. The van der Waals surface area contributed by atoms with E-state index in [2.05, 4.69) is 59.5 Å². The van der Waals surface area contributed by atoms with Crippen LogP contribution in [-0.2, 0) is 10.3 Å². The lowest BCUT2D eigenvalue weighted by Gasteiger charge is -2.47. The van der Waals surface area contributed by atoms with Gasteiger partial charge in [0.05, 0.1) is 0 Å². The number of rotatable bonds is 7. The Morgan fingerprint density at radius 2 is 1.82 bits per heavy atom. The number of halogens is 1. The lowest BCUT2D eigenvalue weighted by molar-refractivity contribution is -0.139. The van der Waals surface area contributed by atoms with Gasteiger partial charge in [0.25, 0.3) is 0 Å². The van der Waals surface area contributed by atoms with Crippen LogP contribution in [0.5, 0.6) is 5.75 Å². The van der Waals surface area contributed by atoms with Crippen molar-refractivity contribution in [1.82, 2.24) is 10.2 Å². The molecule has 2 aliphatic rings. The number of benzene rings is 2. The maximum absolute atomic E-state index is 14.5. The summed E-state index contributed by atoms with van der Waals surface area (Å²) in [5.41, 5.74) is 2.15. The number of nitrogens with zero attached hydrogens (tertiary/aromatic N) is 2. The van der Waals surface area contributed by atoms with Crippen LogP contribution in [0, 0.1) is 5.82 Å². The fourth-order valence-electron chi connectivity index (χ4n) is 5.41. The van der Waals surface area contributed by atoms with Gasteiger partial charge in [0.15, 0.2) is 0 Å². The molecule has 2 aromatic carbocycles. The van der Waals surface area contributed by atoms with E-state index in [1.165, 1.54) is 11.6 Å². The molecule has 1 aliphatic carbocycles. The van der Waals surface area contributed by atoms with Gasteiger partial charge < -0.3 is 20.1 Å². The second-order valence-corrected chi connectivity index (χ2v) is 9.55. The van der Waals surface area contributed by atoms with E-state index in [0.717, 1.165) is 31.4 Å². The number of ether oxygens (including phenoxy) is 1. The molecule has 0 spiro atoms. The van der Waals surface area contributed by atoms with Gasteiger partial charge in [0.2, 0.25) is 0 Å². The van der Waals surface area contributed by atoms with Gasteiger partial charge in [-0.05, 0) is 51.4 Å². The van der Waals surface area contributed by atoms with Crippen LogP contribution in [0.1, 0.15) is 37.7 Å². The van der Waals surface area contributed by atoms with Crippen molar-refractivity contribution >= 4 is 11.7 Å². The monoisotopic (exact) mass is 455 g/mol. The number of hydrogen-bond acceptors (Lipinski definition) is 5. The van der Waals surface area contributed by atoms with Crippen LogP contribution in [-0.4, -0.2) is 61.9 Å². The summed E-state index contributed by atoms with van der Waals surface area (Å²) < 4.78 is 20.4. The van der Waals surface area contributed by atoms with Gasteiger partial charge in [-0.25, -0.2) is 4.39 Å². The van der Waals surface area contributed by atoms with Crippen molar-refractivity contribution in [3.63, 3.8) is 0 Å². The fourth-order valence-corrected chi connectivity index (χ4v) is 5.41. The number of hydrogen-bond donors (Lipinski definition) is 2. The maximum Gasteiger partial charge on any atom is 0.320 e. The van der Waals surface area contributed by atoms with Gasteiger partial charge in [0.1, 0.15) is 23.7 Å². The first-order chi connectivity index (χ1) is 15.8. The highest BCUT2D eigenvalue weighted by atomic mass is 19.1. The molecule has 6 nitrogen and oxygen atoms in total. The molecule has 1 aliphatic heterocycles. The first-order valence-corrected chi connectivity index (χ1v) is 11.7. The molecule has 33 heavy (non-hydrogen) atoms. The predicted octanol–water partition coefficient (Wildman–Crippen LogP) is 3.86. The zero-order valence-corrected chi connectivity index (χ0v) is 19.6. The van der Waals surface area contributed by atoms with E-state index in [1.807, 2.05) is 13.1 Å². The molecule has 0 aromatic heterocycles. The first kappa shape index (κ1) is 23.5. The molecule has 0 amide bonds. The average Bonchev–Trinajstić information content (AvgIpc) is 3.27. The third-order valence-electron chi connectivity index (χ3n) is 7.45. The molecular weight excluding hydrogens is 421 g/mol. The molecule has 0 radical (unpaired) electrons. The quantitative estimate of drug-likeness (QED) is 0.661. The molecule has 2 atom stereocenters. The van der Waals surface area contributed by atoms with Crippen LogP contribution in [0.2, 0.25) is 0 Å². The molecular formula is C26H34FN3O3. The molecule has 2 fully saturated rings. The van der Waals surface area contributed by atoms with Crippen LogP contribution in [0.15, 0.2) is 48.5 Å². The first-order valence-electron chi connectivity index (χ1n) is 11.7. The summed E-state index contributed by atoms with van der Waals surface area (Å²) in [5, 5.41) is 12.1. The minimum absolute atomic E-state index is 0.0188. The Balaban J connectivity index is 1.44. The number of nitrogens with one attached hydrogen (secondary N) is 1. The van der Waals surface area contributed by atoms with E-state index in [1.54, 1.807) is 6.07 Å². The summed E-state index contributed by atoms with van der Waals surface area (Å²) in [6, 6.07) is 15.2. The van der Waals surface area contributed by atoms with E-state index in [4.69, 9.17) is 9.84 Å². The lowest BCUT2D eigenvalue weighted by atomic mass is 9.73. The number of anilines is 1. The van der Waals surface area contributed by atoms with Crippen LogP contribution in [0.4, 0.5) is 10.1 Å². The summed E-state index contributed by atoms with van der Waals surface area (Å²) in [5.74, 6) is -0.794. The lowest BCUT2D eigenvalue weighted by Crippen LogP contribution is -2.48. The molecule has 2 N–H and O–H groups in total. The van der Waals surface area contributed by atoms with Gasteiger partial charge in [-0.15, -0.1) is 0 Å². The summed E-state index contributed by atoms with van der Waals surface area (Å²) in [6.07, 6.45) is 4.15. The number of carboxylic acids is 1. The topological polar surface area (TPSA) is 65.0 Å². The summed E-state index contributed by atoms with van der Waals surface area (Å²) in [6.45, 7) is 0.438. The van der Waals surface area contributed by atoms with Crippen molar-refractivity contribution < 1.29 is 19.0 Å². The van der Waals surface area contributed by atoms with Gasteiger partial charge in [-0.1, -0.05) is 30.3 Å². The average molecular weight is 456 g/mol. The largest absolute Gasteiger partial charge is 0.489 e. The van der Waals surface area contributed by atoms with Gasteiger partial charge in [-0.2, -0.15) is 0 Å². The third kappa shape index (κ3) is 4.99. The van der Waals surface area contributed by atoms with E-state index in [-0.39, 0.29) is 17.5 Å². The van der Waals surface area contributed by atoms with Gasteiger partial charge in [0, 0.05) is 49.4 Å². The van der Waals surface area contributed by atoms with E-state index >= 15 is 0 Å². The SMILES string of the molecule is CN(c1cc(F)cc(O[C@@H]2CN[C@H](C(=O)O)C2)c1)C1CCC(c2ccccc2)(N(C)C)CC1. The molecule has 1 heterocycles. The van der Waals surface area contributed by atoms with Crippen molar-refractivity contribution in [3.05, 3.63) is 59.9 Å². The van der Waals surface area contributed by atoms with Crippen molar-refractivity contribution in [2.24, 2.45) is 0 Å². The molecule has 7 heteroatoms. The van der Waals surface area contributed by atoms with Crippen LogP contribution in [0.3, 0.4) is 0 Å². The Kier molecular flexibility index (Phi) is 6.91. The van der Waals surface area contributed by atoms with Crippen molar-refractivity contribution in [3.8, 4) is 5.75 Å². The molecule has 0 unspecified atom stereocenters. The molecule has 178 valence electrons. The number of carbonyl (C=O) groups is 1. The Morgan fingerprint density at radius 1 is 1.12 bits per heavy atom. The maximum atomic E-state index is 14.5. The van der Waals surface area contributed by atoms with Gasteiger partial charge in [-0.3, -0.25) is 9.69 Å². The summed E-state index contributed by atoms with van der Waals surface area (Å²) in [4.78, 5) is 15.7. The number of carboxylic acid groups (broad SMARTS) is 1. The van der Waals surface area contributed by atoms with Crippen LogP contribution >= 0.6 is 0 Å².